The summed E-state index contributed by atoms with van der Waals surface area (Å²) in [6.07, 6.45) is 0. The topological polar surface area (TPSA) is 27.7 Å². The molecule has 0 aliphatic heterocycles. The van der Waals surface area contributed by atoms with Crippen LogP contribution in [0.4, 0.5) is 0 Å². The highest BCUT2D eigenvalue weighted by Gasteiger charge is 2.33. The molecule has 0 aromatic carbocycles. The van der Waals surface area contributed by atoms with Gasteiger partial charge in [-0.05, 0) is 20.8 Å². The molecule has 11 heavy (non-hydrogen) atoms. The van der Waals surface area contributed by atoms with Crippen molar-refractivity contribution in [3.05, 3.63) is 0 Å². The molecule has 0 fully saturated rings. The molecule has 0 aliphatic rings. The van der Waals surface area contributed by atoms with E-state index < -0.39 is 8.47 Å². The third-order valence-electron chi connectivity index (χ3n) is 1.04. The van der Waals surface area contributed by atoms with Crippen LogP contribution >= 0.6 is 8.79 Å². The fourth-order valence-electron chi connectivity index (χ4n) is 0.729. The molecule has 68 valence electrons. The van der Waals surface area contributed by atoms with Gasteiger partial charge in [0.05, 0.1) is 0 Å². The molecule has 0 rings (SSSR count). The second-order valence-electron chi connectivity index (χ2n) is 1.90. The van der Waals surface area contributed by atoms with Crippen LogP contribution in [0.25, 0.3) is 0 Å². The predicted octanol–water partition coefficient (Wildman–Crippen LogP) is 1.41. The molecule has 0 heterocycles. The first kappa shape index (κ1) is 11.5. The van der Waals surface area contributed by atoms with Gasteiger partial charge in [0.2, 0.25) is 0 Å². The van der Waals surface area contributed by atoms with E-state index in [-0.39, 0.29) is 0 Å². The molecule has 0 saturated carbocycles. The molecule has 0 aromatic heterocycles. The van der Waals surface area contributed by atoms with E-state index in [1.807, 2.05) is 20.8 Å². The van der Waals surface area contributed by atoms with Crippen LogP contribution < -0.4 is 0 Å². The fraction of sp³-hybridized carbons (Fsp3) is 1.00. The van der Waals surface area contributed by atoms with E-state index in [0.717, 1.165) is 0 Å². The van der Waals surface area contributed by atoms with Gasteiger partial charge in [0.25, 0.3) is 0 Å². The van der Waals surface area contributed by atoms with Gasteiger partial charge in [-0.1, -0.05) is 8.79 Å². The molecule has 0 radical (unpaired) electrons. The summed E-state index contributed by atoms with van der Waals surface area (Å²) in [5, 5.41) is 0. The molecule has 1 unspecified atom stereocenters. The Bertz CT molecular complexity index is 84.8. The molecule has 0 N–H and O–H groups in total. The Labute approximate surface area is 71.8 Å². The Hall–Kier alpha value is 0.527. The van der Waals surface area contributed by atoms with E-state index in [9.17, 15) is 0 Å². The predicted molar refractivity (Wildman–Crippen MR) is 50.3 cm³/mol. The Morgan fingerprint density at radius 3 is 1.36 bits per heavy atom. The van der Waals surface area contributed by atoms with Crippen molar-refractivity contribution in [1.29, 1.82) is 0 Å². The summed E-state index contributed by atoms with van der Waals surface area (Å²) in [6, 6.07) is 0. The van der Waals surface area contributed by atoms with Crippen LogP contribution in [-0.2, 0) is 13.3 Å². The molecule has 0 amide bonds. The molecular formula is C6H17O3PSi. The van der Waals surface area contributed by atoms with Crippen LogP contribution in [0.2, 0.25) is 0 Å². The first-order chi connectivity index (χ1) is 5.18. The lowest BCUT2D eigenvalue weighted by Crippen LogP contribution is -2.39. The number of hydrogen-bond acceptors (Lipinski definition) is 3. The van der Waals surface area contributed by atoms with E-state index in [2.05, 4.69) is 8.79 Å². The van der Waals surface area contributed by atoms with Crippen LogP contribution in [0.1, 0.15) is 20.8 Å². The zero-order valence-corrected chi connectivity index (χ0v) is 9.58. The van der Waals surface area contributed by atoms with Gasteiger partial charge in [-0.3, -0.25) is 0 Å². The van der Waals surface area contributed by atoms with Gasteiger partial charge in [-0.15, -0.1) is 0 Å². The monoisotopic (exact) mass is 196 g/mol. The van der Waals surface area contributed by atoms with Crippen molar-refractivity contribution in [1.82, 2.24) is 0 Å². The summed E-state index contributed by atoms with van der Waals surface area (Å²) in [6.45, 7) is 7.71. The Morgan fingerprint density at radius 2 is 1.18 bits per heavy atom. The van der Waals surface area contributed by atoms with Gasteiger partial charge in [-0.25, -0.2) is 0 Å². The van der Waals surface area contributed by atoms with Crippen LogP contribution in [-0.4, -0.2) is 28.3 Å². The largest absolute Gasteiger partial charge is 0.520 e. The summed E-state index contributed by atoms with van der Waals surface area (Å²) in [4.78, 5) is 0. The first-order valence-electron chi connectivity index (χ1n) is 3.89. The third-order valence-corrected chi connectivity index (χ3v) is 4.61. The molecule has 5 heteroatoms. The van der Waals surface area contributed by atoms with Crippen molar-refractivity contribution in [2.24, 2.45) is 0 Å². The maximum atomic E-state index is 5.37. The van der Waals surface area contributed by atoms with Crippen LogP contribution in [0.5, 0.6) is 0 Å². The van der Waals surface area contributed by atoms with Gasteiger partial charge in [-0.2, -0.15) is 0 Å². The van der Waals surface area contributed by atoms with Crippen molar-refractivity contribution in [3.63, 3.8) is 0 Å². The van der Waals surface area contributed by atoms with E-state index in [0.29, 0.717) is 19.8 Å². The molecule has 0 bridgehead atoms. The molecule has 0 spiro atoms. The molecule has 1 atom stereocenters. The van der Waals surface area contributed by atoms with Crippen molar-refractivity contribution in [3.8, 4) is 0 Å². The minimum atomic E-state index is -2.33. The van der Waals surface area contributed by atoms with E-state index in [4.69, 9.17) is 13.3 Å². The SMILES string of the molecule is CCO[Si](P)(OCC)OCC. The second-order valence-corrected chi connectivity index (χ2v) is 6.10. The zero-order valence-electron chi connectivity index (χ0n) is 7.42. The highest BCUT2D eigenvalue weighted by Crippen LogP contribution is 2.17. The van der Waals surface area contributed by atoms with E-state index >= 15 is 0 Å². The van der Waals surface area contributed by atoms with Crippen LogP contribution in [0.15, 0.2) is 0 Å². The van der Waals surface area contributed by atoms with Crippen molar-refractivity contribution >= 4 is 17.3 Å². The summed E-state index contributed by atoms with van der Waals surface area (Å²) < 4.78 is 16.1. The molecule has 0 aromatic rings. The normalized spacial score (nSPS) is 12.0. The Kier molecular flexibility index (Phi) is 6.38. The fourth-order valence-corrected chi connectivity index (χ4v) is 3.69. The van der Waals surface area contributed by atoms with Crippen molar-refractivity contribution in [2.75, 3.05) is 19.8 Å². The second kappa shape index (κ2) is 6.09. The van der Waals surface area contributed by atoms with Gasteiger partial charge >= 0.3 is 8.47 Å². The average Bonchev–Trinajstić information content (AvgIpc) is 1.88. The zero-order chi connectivity index (χ0) is 8.74. The molecule has 0 aliphatic carbocycles. The average molecular weight is 196 g/mol. The maximum absolute atomic E-state index is 5.37. The lowest BCUT2D eigenvalue weighted by Gasteiger charge is -2.23. The van der Waals surface area contributed by atoms with Crippen molar-refractivity contribution in [2.45, 2.75) is 20.8 Å². The third kappa shape index (κ3) is 4.88. The highest BCUT2D eigenvalue weighted by atomic mass is 31.3. The highest BCUT2D eigenvalue weighted by molar-refractivity contribution is 7.63. The maximum Gasteiger partial charge on any atom is 0.520 e. The molecule has 0 saturated heterocycles. The summed E-state index contributed by atoms with van der Waals surface area (Å²) in [7, 11) is 0.218. The van der Waals surface area contributed by atoms with E-state index in [1.165, 1.54) is 0 Å². The Morgan fingerprint density at radius 1 is 0.909 bits per heavy atom. The minimum Gasteiger partial charge on any atom is -0.371 e. The van der Waals surface area contributed by atoms with Gasteiger partial charge < -0.3 is 13.3 Å². The summed E-state index contributed by atoms with van der Waals surface area (Å²) >= 11 is 0. The van der Waals surface area contributed by atoms with E-state index in [1.54, 1.807) is 0 Å². The van der Waals surface area contributed by atoms with Gasteiger partial charge in [0.1, 0.15) is 0 Å². The minimum absolute atomic E-state index is 0.635. The lowest BCUT2D eigenvalue weighted by molar-refractivity contribution is 0.0963. The molecular weight excluding hydrogens is 179 g/mol. The lowest BCUT2D eigenvalue weighted by atomic mass is 10.9. The van der Waals surface area contributed by atoms with Gasteiger partial charge in [0, 0.05) is 19.8 Å². The van der Waals surface area contributed by atoms with Gasteiger partial charge in [0.15, 0.2) is 0 Å². The van der Waals surface area contributed by atoms with Crippen LogP contribution in [0.3, 0.4) is 0 Å². The number of rotatable bonds is 6. The first-order valence-corrected chi connectivity index (χ1v) is 7.42. The Balaban J connectivity index is 3.79. The quantitative estimate of drug-likeness (QED) is 0.475. The summed E-state index contributed by atoms with van der Waals surface area (Å²) in [5.41, 5.74) is 0. The van der Waals surface area contributed by atoms with Crippen molar-refractivity contribution < 1.29 is 13.3 Å². The standard InChI is InChI=1S/C6H17O3PSi/c1-4-7-11(10,8-5-2)9-6-3/h4-6,10H2,1-3H3. The van der Waals surface area contributed by atoms with Crippen LogP contribution in [0, 0.1) is 0 Å². The number of hydrogen-bond donors (Lipinski definition) is 0. The smallest absolute Gasteiger partial charge is 0.371 e. The summed E-state index contributed by atoms with van der Waals surface area (Å²) in [5.74, 6) is 0. The molecule has 3 nitrogen and oxygen atoms in total.